The van der Waals surface area contributed by atoms with E-state index in [0.717, 1.165) is 10.6 Å². The van der Waals surface area contributed by atoms with Crippen LogP contribution in [0.4, 0.5) is 0 Å². The molecular formula is C20H19NO4S. The molecular weight excluding hydrogens is 350 g/mol. The summed E-state index contributed by atoms with van der Waals surface area (Å²) in [5.74, 6) is 1.20. The van der Waals surface area contributed by atoms with Crippen molar-refractivity contribution in [2.24, 2.45) is 0 Å². The Hall–Kier alpha value is -2.86. The van der Waals surface area contributed by atoms with E-state index in [0.29, 0.717) is 35.1 Å². The largest absolute Gasteiger partial charge is 0.493 e. The maximum absolute atomic E-state index is 12.9. The van der Waals surface area contributed by atoms with E-state index in [1.165, 1.54) is 25.6 Å². The summed E-state index contributed by atoms with van der Waals surface area (Å²) in [4.78, 5) is 17.4. The molecule has 0 spiro atoms. The molecule has 6 heteroatoms. The third-order valence-electron chi connectivity index (χ3n) is 3.77. The second kappa shape index (κ2) is 8.01. The Bertz CT molecular complexity index is 880. The minimum absolute atomic E-state index is 0.192. The van der Waals surface area contributed by atoms with E-state index in [2.05, 4.69) is 4.98 Å². The molecule has 2 aromatic carbocycles. The van der Waals surface area contributed by atoms with Crippen molar-refractivity contribution >= 4 is 17.1 Å². The monoisotopic (exact) mass is 369 g/mol. The number of ether oxygens (including phenoxy) is 3. The lowest BCUT2D eigenvalue weighted by molar-refractivity contribution is 0.103. The highest BCUT2D eigenvalue weighted by Gasteiger charge is 2.20. The van der Waals surface area contributed by atoms with Crippen molar-refractivity contribution in [3.8, 4) is 27.8 Å². The highest BCUT2D eigenvalue weighted by molar-refractivity contribution is 7.13. The second-order valence-electron chi connectivity index (χ2n) is 5.38. The van der Waals surface area contributed by atoms with Gasteiger partial charge >= 0.3 is 0 Å². The normalized spacial score (nSPS) is 10.4. The summed E-state index contributed by atoms with van der Waals surface area (Å²) in [7, 11) is 3.06. The third kappa shape index (κ3) is 3.55. The number of hydrogen-bond acceptors (Lipinski definition) is 6. The molecule has 0 aliphatic carbocycles. The van der Waals surface area contributed by atoms with Crippen molar-refractivity contribution < 1.29 is 19.0 Å². The first kappa shape index (κ1) is 17.9. The molecule has 0 atom stereocenters. The molecule has 26 heavy (non-hydrogen) atoms. The molecule has 0 saturated heterocycles. The van der Waals surface area contributed by atoms with Crippen LogP contribution in [0.2, 0.25) is 0 Å². The van der Waals surface area contributed by atoms with Gasteiger partial charge in [-0.1, -0.05) is 30.3 Å². The van der Waals surface area contributed by atoms with Gasteiger partial charge in [0, 0.05) is 16.5 Å². The molecule has 0 unspecified atom stereocenters. The van der Waals surface area contributed by atoms with Gasteiger partial charge in [-0.2, -0.15) is 0 Å². The minimum Gasteiger partial charge on any atom is -0.493 e. The maximum atomic E-state index is 12.9. The van der Waals surface area contributed by atoms with Gasteiger partial charge in [0.25, 0.3) is 0 Å². The summed E-state index contributed by atoms with van der Waals surface area (Å²) in [6.45, 7) is 2.34. The van der Waals surface area contributed by atoms with Crippen molar-refractivity contribution in [2.45, 2.75) is 6.92 Å². The molecule has 1 aromatic heterocycles. The zero-order valence-electron chi connectivity index (χ0n) is 14.8. The summed E-state index contributed by atoms with van der Waals surface area (Å²) < 4.78 is 16.3. The number of rotatable bonds is 7. The fourth-order valence-corrected chi connectivity index (χ4v) is 3.34. The number of aromatic nitrogens is 1. The molecule has 0 aliphatic rings. The Morgan fingerprint density at radius 3 is 2.31 bits per heavy atom. The van der Waals surface area contributed by atoms with E-state index in [-0.39, 0.29) is 5.78 Å². The molecule has 134 valence electrons. The van der Waals surface area contributed by atoms with Crippen LogP contribution in [0.3, 0.4) is 0 Å². The average Bonchev–Trinajstić information content (AvgIpc) is 3.18. The molecule has 3 aromatic rings. The van der Waals surface area contributed by atoms with Gasteiger partial charge in [-0.15, -0.1) is 11.3 Å². The Kier molecular flexibility index (Phi) is 5.53. The number of ketones is 1. The summed E-state index contributed by atoms with van der Waals surface area (Å²) in [6, 6.07) is 13.1. The Labute approximate surface area is 156 Å². The summed E-state index contributed by atoms with van der Waals surface area (Å²) in [6.07, 6.45) is 0. The molecule has 1 heterocycles. The molecule has 0 bridgehead atoms. The average molecular weight is 369 g/mol. The summed E-state index contributed by atoms with van der Waals surface area (Å²) in [5.41, 5.74) is 1.81. The van der Waals surface area contributed by atoms with Gasteiger partial charge in [-0.3, -0.25) is 4.79 Å². The number of thiazole rings is 1. The number of nitrogens with zero attached hydrogens (tertiary/aromatic N) is 1. The van der Waals surface area contributed by atoms with Gasteiger partial charge in [0.05, 0.1) is 20.8 Å². The van der Waals surface area contributed by atoms with Crippen LogP contribution in [-0.2, 0) is 0 Å². The topological polar surface area (TPSA) is 57.7 Å². The molecule has 0 aliphatic heterocycles. The van der Waals surface area contributed by atoms with E-state index in [4.69, 9.17) is 14.2 Å². The molecule has 0 radical (unpaired) electrons. The standard InChI is InChI=1S/C20H19NO4S/c1-4-25-19-16(23-2)10-14(11-17(19)24-3)18(22)15-12-26-20(21-15)13-8-6-5-7-9-13/h5-12H,4H2,1-3H3. The fraction of sp³-hybridized carbons (Fsp3) is 0.200. The summed E-state index contributed by atoms with van der Waals surface area (Å²) >= 11 is 1.44. The molecule has 5 nitrogen and oxygen atoms in total. The lowest BCUT2D eigenvalue weighted by Crippen LogP contribution is -2.05. The van der Waals surface area contributed by atoms with E-state index in [1.807, 2.05) is 37.3 Å². The van der Waals surface area contributed by atoms with Crippen LogP contribution in [0, 0.1) is 0 Å². The SMILES string of the molecule is CCOc1c(OC)cc(C(=O)c2csc(-c3ccccc3)n2)cc1OC. The van der Waals surface area contributed by atoms with Crippen LogP contribution >= 0.6 is 11.3 Å². The lowest BCUT2D eigenvalue weighted by Gasteiger charge is -2.14. The minimum atomic E-state index is -0.192. The zero-order chi connectivity index (χ0) is 18.5. The van der Waals surface area contributed by atoms with Gasteiger partial charge in [0.2, 0.25) is 11.5 Å². The van der Waals surface area contributed by atoms with Gasteiger partial charge in [0.1, 0.15) is 10.7 Å². The van der Waals surface area contributed by atoms with Crippen LogP contribution in [0.15, 0.2) is 47.8 Å². The maximum Gasteiger partial charge on any atom is 0.212 e. The summed E-state index contributed by atoms with van der Waals surface area (Å²) in [5, 5.41) is 2.57. The highest BCUT2D eigenvalue weighted by Crippen LogP contribution is 2.39. The second-order valence-corrected chi connectivity index (χ2v) is 6.23. The quantitative estimate of drug-likeness (QED) is 0.576. The zero-order valence-corrected chi connectivity index (χ0v) is 15.6. The van der Waals surface area contributed by atoms with Crippen LogP contribution < -0.4 is 14.2 Å². The van der Waals surface area contributed by atoms with Crippen molar-refractivity contribution in [3.05, 3.63) is 59.1 Å². The number of carbonyl (C=O) groups excluding carboxylic acids is 1. The van der Waals surface area contributed by atoms with E-state index >= 15 is 0 Å². The fourth-order valence-electron chi connectivity index (χ4n) is 2.54. The molecule has 0 saturated carbocycles. The first-order chi connectivity index (χ1) is 12.7. The molecule has 3 rings (SSSR count). The number of carbonyl (C=O) groups is 1. The lowest BCUT2D eigenvalue weighted by atomic mass is 10.1. The molecule has 0 fully saturated rings. The van der Waals surface area contributed by atoms with Crippen LogP contribution in [0.1, 0.15) is 23.0 Å². The molecule has 0 N–H and O–H groups in total. The smallest absolute Gasteiger partial charge is 0.212 e. The highest BCUT2D eigenvalue weighted by atomic mass is 32.1. The Balaban J connectivity index is 1.96. The Morgan fingerprint density at radius 2 is 1.73 bits per heavy atom. The van der Waals surface area contributed by atoms with Crippen LogP contribution in [0.5, 0.6) is 17.2 Å². The van der Waals surface area contributed by atoms with Crippen molar-refractivity contribution in [1.29, 1.82) is 0 Å². The van der Waals surface area contributed by atoms with Crippen molar-refractivity contribution in [2.75, 3.05) is 20.8 Å². The van der Waals surface area contributed by atoms with Gasteiger partial charge in [-0.25, -0.2) is 4.98 Å². The van der Waals surface area contributed by atoms with E-state index in [9.17, 15) is 4.79 Å². The van der Waals surface area contributed by atoms with Gasteiger partial charge in [0.15, 0.2) is 11.5 Å². The Morgan fingerprint density at radius 1 is 1.08 bits per heavy atom. The van der Waals surface area contributed by atoms with Crippen LogP contribution in [-0.4, -0.2) is 31.6 Å². The van der Waals surface area contributed by atoms with Crippen molar-refractivity contribution in [1.82, 2.24) is 4.98 Å². The predicted molar refractivity (Wildman–Crippen MR) is 102 cm³/mol. The van der Waals surface area contributed by atoms with Crippen molar-refractivity contribution in [3.63, 3.8) is 0 Å². The third-order valence-corrected chi connectivity index (χ3v) is 4.66. The number of benzene rings is 2. The predicted octanol–water partition coefficient (Wildman–Crippen LogP) is 4.46. The van der Waals surface area contributed by atoms with E-state index < -0.39 is 0 Å². The number of methoxy groups -OCH3 is 2. The van der Waals surface area contributed by atoms with Gasteiger partial charge in [-0.05, 0) is 19.1 Å². The first-order valence-electron chi connectivity index (χ1n) is 8.12. The molecule has 0 amide bonds. The number of hydrogen-bond donors (Lipinski definition) is 0. The van der Waals surface area contributed by atoms with E-state index in [1.54, 1.807) is 17.5 Å². The van der Waals surface area contributed by atoms with Crippen LogP contribution in [0.25, 0.3) is 10.6 Å². The first-order valence-corrected chi connectivity index (χ1v) is 9.00. The van der Waals surface area contributed by atoms with Gasteiger partial charge < -0.3 is 14.2 Å².